The average Bonchev–Trinajstić information content (AvgIpc) is 2.73. The van der Waals surface area contributed by atoms with Gasteiger partial charge < -0.3 is 20.3 Å². The molecule has 7 nitrogen and oxygen atoms in total. The van der Waals surface area contributed by atoms with E-state index in [0.29, 0.717) is 36.5 Å². The third kappa shape index (κ3) is 7.07. The van der Waals surface area contributed by atoms with E-state index in [1.54, 1.807) is 42.5 Å². The number of aryl methyl sites for hydroxylation is 1. The second-order valence-corrected chi connectivity index (χ2v) is 8.12. The number of pyridine rings is 1. The maximum atomic E-state index is 13.0. The summed E-state index contributed by atoms with van der Waals surface area (Å²) in [5, 5.41) is 6.10. The molecule has 7 heteroatoms. The maximum absolute atomic E-state index is 13.0. The van der Waals surface area contributed by atoms with Gasteiger partial charge in [-0.05, 0) is 63.4 Å². The summed E-state index contributed by atoms with van der Waals surface area (Å²) >= 11 is 0. The molecule has 0 fully saturated rings. The number of ether oxygens (including phenoxy) is 1. The Labute approximate surface area is 185 Å². The molecule has 0 aliphatic carbocycles. The van der Waals surface area contributed by atoms with Crippen LogP contribution in [0.4, 0.5) is 11.5 Å². The highest BCUT2D eigenvalue weighted by Crippen LogP contribution is 2.20. The highest BCUT2D eigenvalue weighted by molar-refractivity contribution is 6.05. The van der Waals surface area contributed by atoms with Gasteiger partial charge in [0.05, 0.1) is 12.2 Å². The number of benzene rings is 1. The van der Waals surface area contributed by atoms with Crippen molar-refractivity contribution in [2.45, 2.75) is 40.7 Å². The number of methoxy groups -OCH3 is 1. The van der Waals surface area contributed by atoms with Crippen LogP contribution in [0.5, 0.6) is 0 Å². The molecule has 2 amide bonds. The van der Waals surface area contributed by atoms with Crippen LogP contribution in [0, 0.1) is 12.8 Å². The van der Waals surface area contributed by atoms with Gasteiger partial charge in [0, 0.05) is 43.7 Å². The number of carbonyl (C=O) groups excluding carboxylic acids is 2. The van der Waals surface area contributed by atoms with Crippen molar-refractivity contribution in [3.05, 3.63) is 53.2 Å². The smallest absolute Gasteiger partial charge is 0.257 e. The summed E-state index contributed by atoms with van der Waals surface area (Å²) < 4.78 is 5.19. The highest BCUT2D eigenvalue weighted by Gasteiger charge is 2.18. The van der Waals surface area contributed by atoms with Crippen LogP contribution in [0.2, 0.25) is 0 Å². The predicted molar refractivity (Wildman–Crippen MR) is 125 cm³/mol. The monoisotopic (exact) mass is 426 g/mol. The van der Waals surface area contributed by atoms with Crippen molar-refractivity contribution < 1.29 is 14.3 Å². The Morgan fingerprint density at radius 1 is 1.13 bits per heavy atom. The number of aromatic nitrogens is 1. The van der Waals surface area contributed by atoms with E-state index in [0.717, 1.165) is 11.4 Å². The summed E-state index contributed by atoms with van der Waals surface area (Å²) in [6.07, 6.45) is 1.54. The normalized spacial score (nSPS) is 11.8. The first kappa shape index (κ1) is 24.3. The lowest BCUT2D eigenvalue weighted by Gasteiger charge is -2.25. The molecular formula is C24H34N4O3. The zero-order valence-corrected chi connectivity index (χ0v) is 19.4. The van der Waals surface area contributed by atoms with Crippen molar-refractivity contribution in [1.29, 1.82) is 0 Å². The summed E-state index contributed by atoms with van der Waals surface area (Å²) in [5.74, 6) is 0.626. The average molecular weight is 427 g/mol. The Balaban J connectivity index is 2.14. The molecule has 2 aromatic rings. The minimum atomic E-state index is -0.266. The molecule has 0 radical (unpaired) electrons. The van der Waals surface area contributed by atoms with Crippen molar-refractivity contribution >= 4 is 23.3 Å². The molecule has 0 saturated carbocycles. The van der Waals surface area contributed by atoms with Gasteiger partial charge in [0.25, 0.3) is 11.8 Å². The van der Waals surface area contributed by atoms with Crippen LogP contribution < -0.4 is 10.6 Å². The first-order valence-electron chi connectivity index (χ1n) is 10.7. The van der Waals surface area contributed by atoms with E-state index >= 15 is 0 Å². The SMILES string of the molecule is CCN(C[C@@H](C)COC)C(=O)c1ccc(C)c(NC(=O)c2ccc(NC(C)C)nc2)c1. The number of hydrogen-bond donors (Lipinski definition) is 2. The van der Waals surface area contributed by atoms with Crippen molar-refractivity contribution in [3.8, 4) is 0 Å². The molecule has 2 rings (SSSR count). The number of amides is 2. The van der Waals surface area contributed by atoms with Crippen LogP contribution in [-0.4, -0.2) is 54.5 Å². The molecule has 1 heterocycles. The van der Waals surface area contributed by atoms with Gasteiger partial charge in [-0.3, -0.25) is 9.59 Å². The van der Waals surface area contributed by atoms with Gasteiger partial charge in [-0.25, -0.2) is 4.98 Å². The molecule has 0 saturated heterocycles. The second-order valence-electron chi connectivity index (χ2n) is 8.12. The van der Waals surface area contributed by atoms with E-state index in [1.807, 2.05) is 33.8 Å². The lowest BCUT2D eigenvalue weighted by atomic mass is 10.1. The summed E-state index contributed by atoms with van der Waals surface area (Å²) in [4.78, 5) is 31.8. The maximum Gasteiger partial charge on any atom is 0.257 e. The Morgan fingerprint density at radius 2 is 1.84 bits per heavy atom. The molecule has 0 unspecified atom stereocenters. The Bertz CT molecular complexity index is 881. The second kappa shape index (κ2) is 11.5. The molecule has 2 N–H and O–H groups in total. The van der Waals surface area contributed by atoms with E-state index in [9.17, 15) is 9.59 Å². The Kier molecular flexibility index (Phi) is 9.00. The van der Waals surface area contributed by atoms with E-state index in [1.165, 1.54) is 0 Å². The fourth-order valence-electron chi connectivity index (χ4n) is 3.25. The molecule has 0 spiro atoms. The zero-order valence-electron chi connectivity index (χ0n) is 19.4. The molecule has 0 aliphatic heterocycles. The van der Waals surface area contributed by atoms with Crippen LogP contribution in [0.1, 0.15) is 54.0 Å². The Hall–Kier alpha value is -2.93. The van der Waals surface area contributed by atoms with E-state index in [4.69, 9.17) is 4.74 Å². The van der Waals surface area contributed by atoms with E-state index in [2.05, 4.69) is 22.5 Å². The summed E-state index contributed by atoms with van der Waals surface area (Å²) in [6, 6.07) is 9.15. The fraction of sp³-hybridized carbons (Fsp3) is 0.458. The standard InChI is InChI=1S/C24H34N4O3/c1-7-28(14-17(4)15-31-6)24(30)19-9-8-18(5)21(12-19)27-23(29)20-10-11-22(25-13-20)26-16(2)3/h8-13,16-17H,7,14-15H2,1-6H3,(H,25,26)(H,27,29)/t17-/m1/s1. The molecule has 0 bridgehead atoms. The van der Waals surface area contributed by atoms with Crippen molar-refractivity contribution in [2.24, 2.45) is 5.92 Å². The van der Waals surface area contributed by atoms with E-state index in [-0.39, 0.29) is 23.8 Å². The molecule has 1 atom stereocenters. The van der Waals surface area contributed by atoms with Crippen molar-refractivity contribution in [2.75, 3.05) is 37.4 Å². The third-order valence-corrected chi connectivity index (χ3v) is 4.85. The van der Waals surface area contributed by atoms with Crippen LogP contribution in [0.25, 0.3) is 0 Å². The lowest BCUT2D eigenvalue weighted by Crippen LogP contribution is -2.35. The molecule has 168 valence electrons. The van der Waals surface area contributed by atoms with Gasteiger partial charge in [0.1, 0.15) is 5.82 Å². The van der Waals surface area contributed by atoms with Gasteiger partial charge in [0.15, 0.2) is 0 Å². The summed E-state index contributed by atoms with van der Waals surface area (Å²) in [5.41, 5.74) is 2.49. The molecule has 1 aromatic heterocycles. The largest absolute Gasteiger partial charge is 0.384 e. The van der Waals surface area contributed by atoms with Gasteiger partial charge in [-0.15, -0.1) is 0 Å². The topological polar surface area (TPSA) is 83.6 Å². The fourth-order valence-corrected chi connectivity index (χ4v) is 3.25. The van der Waals surface area contributed by atoms with Gasteiger partial charge >= 0.3 is 0 Å². The summed E-state index contributed by atoms with van der Waals surface area (Å²) in [6.45, 7) is 11.8. The van der Waals surface area contributed by atoms with Gasteiger partial charge in [-0.1, -0.05) is 13.0 Å². The van der Waals surface area contributed by atoms with Gasteiger partial charge in [0.2, 0.25) is 0 Å². The first-order chi connectivity index (χ1) is 14.7. The quantitative estimate of drug-likeness (QED) is 0.595. The minimum absolute atomic E-state index is 0.0632. The van der Waals surface area contributed by atoms with Gasteiger partial charge in [-0.2, -0.15) is 0 Å². The van der Waals surface area contributed by atoms with Crippen LogP contribution in [0.15, 0.2) is 36.5 Å². The number of anilines is 2. The number of nitrogens with one attached hydrogen (secondary N) is 2. The highest BCUT2D eigenvalue weighted by atomic mass is 16.5. The first-order valence-corrected chi connectivity index (χ1v) is 10.7. The number of carbonyl (C=O) groups is 2. The third-order valence-electron chi connectivity index (χ3n) is 4.85. The molecule has 0 aliphatic rings. The predicted octanol–water partition coefficient (Wildman–Crippen LogP) is 4.21. The molecular weight excluding hydrogens is 392 g/mol. The van der Waals surface area contributed by atoms with E-state index < -0.39 is 0 Å². The number of hydrogen-bond acceptors (Lipinski definition) is 5. The lowest BCUT2D eigenvalue weighted by molar-refractivity contribution is 0.0697. The van der Waals surface area contributed by atoms with Crippen LogP contribution in [0.3, 0.4) is 0 Å². The zero-order chi connectivity index (χ0) is 23.0. The molecule has 1 aromatic carbocycles. The summed E-state index contributed by atoms with van der Waals surface area (Å²) in [7, 11) is 1.66. The van der Waals surface area contributed by atoms with Crippen molar-refractivity contribution in [1.82, 2.24) is 9.88 Å². The van der Waals surface area contributed by atoms with Crippen LogP contribution >= 0.6 is 0 Å². The number of nitrogens with zero attached hydrogens (tertiary/aromatic N) is 2. The minimum Gasteiger partial charge on any atom is -0.384 e. The number of rotatable bonds is 10. The molecule has 31 heavy (non-hydrogen) atoms. The van der Waals surface area contributed by atoms with Crippen molar-refractivity contribution in [3.63, 3.8) is 0 Å². The van der Waals surface area contributed by atoms with Crippen LogP contribution in [-0.2, 0) is 4.74 Å². The Morgan fingerprint density at radius 3 is 2.42 bits per heavy atom.